The van der Waals surface area contributed by atoms with Crippen LogP contribution in [-0.4, -0.2) is 36.0 Å². The average Bonchev–Trinajstić information content (AvgIpc) is 3.04. The van der Waals surface area contributed by atoms with Gasteiger partial charge in [0, 0.05) is 31.1 Å². The standard InChI is InChI=1S/C15H16FN3O2S/c16-11-3-4-12(13(10-11)19(20)21)15(14-2-1-9-22-14)18-7-5-17-6-8-18/h1-4,9-10,15,17H,5-8H2/t15-/m1/s1. The molecule has 1 aromatic carbocycles. The van der Waals surface area contributed by atoms with Crippen LogP contribution in [0.5, 0.6) is 0 Å². The van der Waals surface area contributed by atoms with Crippen molar-refractivity contribution in [2.24, 2.45) is 0 Å². The zero-order valence-electron chi connectivity index (χ0n) is 11.9. The molecular weight excluding hydrogens is 305 g/mol. The monoisotopic (exact) mass is 321 g/mol. The highest BCUT2D eigenvalue weighted by atomic mass is 32.1. The van der Waals surface area contributed by atoms with Gasteiger partial charge in [-0.2, -0.15) is 0 Å². The van der Waals surface area contributed by atoms with Gasteiger partial charge in [-0.05, 0) is 23.6 Å². The van der Waals surface area contributed by atoms with Crippen molar-refractivity contribution in [1.82, 2.24) is 10.2 Å². The first kappa shape index (κ1) is 15.1. The molecule has 0 saturated carbocycles. The van der Waals surface area contributed by atoms with Crippen LogP contribution in [0.4, 0.5) is 10.1 Å². The molecule has 2 heterocycles. The molecule has 1 saturated heterocycles. The van der Waals surface area contributed by atoms with Gasteiger partial charge in [0.15, 0.2) is 0 Å². The molecular formula is C15H16FN3O2S. The molecule has 22 heavy (non-hydrogen) atoms. The lowest BCUT2D eigenvalue weighted by Crippen LogP contribution is -2.45. The number of halogens is 1. The van der Waals surface area contributed by atoms with Gasteiger partial charge in [-0.1, -0.05) is 6.07 Å². The molecule has 0 aliphatic carbocycles. The van der Waals surface area contributed by atoms with Crippen molar-refractivity contribution in [3.8, 4) is 0 Å². The summed E-state index contributed by atoms with van der Waals surface area (Å²) in [5, 5.41) is 16.6. The average molecular weight is 321 g/mol. The fourth-order valence-corrected chi connectivity index (χ4v) is 3.70. The molecule has 0 bridgehead atoms. The third-order valence-corrected chi connectivity index (χ3v) is 4.74. The number of hydrogen-bond donors (Lipinski definition) is 1. The summed E-state index contributed by atoms with van der Waals surface area (Å²) in [4.78, 5) is 14.1. The molecule has 1 N–H and O–H groups in total. The van der Waals surface area contributed by atoms with Gasteiger partial charge < -0.3 is 5.32 Å². The molecule has 0 amide bonds. The quantitative estimate of drug-likeness (QED) is 0.695. The molecule has 1 aliphatic rings. The maximum atomic E-state index is 13.4. The number of hydrogen-bond acceptors (Lipinski definition) is 5. The van der Waals surface area contributed by atoms with E-state index in [9.17, 15) is 14.5 Å². The van der Waals surface area contributed by atoms with Crippen LogP contribution in [-0.2, 0) is 0 Å². The molecule has 0 radical (unpaired) electrons. The van der Waals surface area contributed by atoms with Gasteiger partial charge in [0.2, 0.25) is 0 Å². The minimum atomic E-state index is -0.583. The van der Waals surface area contributed by atoms with Gasteiger partial charge in [0.25, 0.3) is 5.69 Å². The highest BCUT2D eigenvalue weighted by Crippen LogP contribution is 2.37. The highest BCUT2D eigenvalue weighted by molar-refractivity contribution is 7.10. The smallest absolute Gasteiger partial charge is 0.277 e. The predicted octanol–water partition coefficient (Wildman–Crippen LogP) is 2.79. The molecule has 0 spiro atoms. The SMILES string of the molecule is O=[N+]([O-])c1cc(F)ccc1[C@H](c1cccs1)N1CCNCC1. The topological polar surface area (TPSA) is 58.4 Å². The van der Waals surface area contributed by atoms with Gasteiger partial charge in [-0.25, -0.2) is 4.39 Å². The second kappa shape index (κ2) is 6.51. The molecule has 1 aromatic heterocycles. The van der Waals surface area contributed by atoms with E-state index < -0.39 is 10.7 Å². The summed E-state index contributed by atoms with van der Waals surface area (Å²) in [5.74, 6) is -0.583. The summed E-state index contributed by atoms with van der Waals surface area (Å²) in [7, 11) is 0. The first-order valence-corrected chi connectivity index (χ1v) is 7.97. The van der Waals surface area contributed by atoms with Crippen LogP contribution in [0.2, 0.25) is 0 Å². The first-order chi connectivity index (χ1) is 10.7. The van der Waals surface area contributed by atoms with Crippen molar-refractivity contribution in [2.75, 3.05) is 26.2 Å². The number of nitrogens with one attached hydrogen (secondary N) is 1. The summed E-state index contributed by atoms with van der Waals surface area (Å²) in [6, 6.07) is 7.56. The van der Waals surface area contributed by atoms with E-state index in [2.05, 4.69) is 10.2 Å². The Hall–Kier alpha value is -1.83. The summed E-state index contributed by atoms with van der Waals surface area (Å²) >= 11 is 1.57. The molecule has 0 unspecified atom stereocenters. The largest absolute Gasteiger partial charge is 0.314 e. The van der Waals surface area contributed by atoms with Crippen molar-refractivity contribution in [3.05, 3.63) is 62.1 Å². The number of piperazine rings is 1. The molecule has 5 nitrogen and oxygen atoms in total. The maximum Gasteiger partial charge on any atom is 0.277 e. The zero-order valence-corrected chi connectivity index (χ0v) is 12.7. The number of thiophene rings is 1. The molecule has 1 atom stereocenters. The van der Waals surface area contributed by atoms with E-state index in [4.69, 9.17) is 0 Å². The van der Waals surface area contributed by atoms with E-state index in [1.54, 1.807) is 17.4 Å². The zero-order chi connectivity index (χ0) is 15.5. The van der Waals surface area contributed by atoms with Crippen molar-refractivity contribution in [2.45, 2.75) is 6.04 Å². The van der Waals surface area contributed by atoms with Gasteiger partial charge in [0.1, 0.15) is 5.82 Å². The highest BCUT2D eigenvalue weighted by Gasteiger charge is 2.30. The lowest BCUT2D eigenvalue weighted by Gasteiger charge is -2.34. The van der Waals surface area contributed by atoms with Crippen LogP contribution in [0.15, 0.2) is 35.7 Å². The van der Waals surface area contributed by atoms with Crippen molar-refractivity contribution in [3.63, 3.8) is 0 Å². The summed E-state index contributed by atoms with van der Waals surface area (Å²) in [5.41, 5.74) is 0.396. The van der Waals surface area contributed by atoms with E-state index >= 15 is 0 Å². The molecule has 1 fully saturated rings. The van der Waals surface area contributed by atoms with Gasteiger partial charge >= 0.3 is 0 Å². The minimum Gasteiger partial charge on any atom is -0.314 e. The number of nitro benzene ring substituents is 1. The van der Waals surface area contributed by atoms with Crippen molar-refractivity contribution < 1.29 is 9.31 Å². The Kier molecular flexibility index (Phi) is 4.47. The molecule has 1 aliphatic heterocycles. The van der Waals surface area contributed by atoms with E-state index in [0.717, 1.165) is 37.1 Å². The molecule has 7 heteroatoms. The van der Waals surface area contributed by atoms with Gasteiger partial charge in [0.05, 0.1) is 22.6 Å². The van der Waals surface area contributed by atoms with Crippen LogP contribution in [0.25, 0.3) is 0 Å². The van der Waals surface area contributed by atoms with Crippen LogP contribution < -0.4 is 5.32 Å². The van der Waals surface area contributed by atoms with Crippen LogP contribution in [0.3, 0.4) is 0 Å². The predicted molar refractivity (Wildman–Crippen MR) is 83.7 cm³/mol. The number of nitrogens with zero attached hydrogens (tertiary/aromatic N) is 2. The minimum absolute atomic E-state index is 0.156. The van der Waals surface area contributed by atoms with Gasteiger partial charge in [-0.15, -0.1) is 11.3 Å². The normalized spacial score (nSPS) is 17.3. The third-order valence-electron chi connectivity index (χ3n) is 3.81. The van der Waals surface area contributed by atoms with Crippen molar-refractivity contribution in [1.29, 1.82) is 0 Å². The maximum absolute atomic E-state index is 13.4. The summed E-state index contributed by atoms with van der Waals surface area (Å²) < 4.78 is 13.4. The third kappa shape index (κ3) is 3.01. The summed E-state index contributed by atoms with van der Waals surface area (Å²) in [6.07, 6.45) is 0. The fraction of sp³-hybridized carbons (Fsp3) is 0.333. The number of nitro groups is 1. The summed E-state index contributed by atoms with van der Waals surface area (Å²) in [6.45, 7) is 3.29. The number of benzene rings is 1. The Bertz CT molecular complexity index is 657. The number of rotatable bonds is 4. The van der Waals surface area contributed by atoms with E-state index in [0.29, 0.717) is 5.56 Å². The Morgan fingerprint density at radius 2 is 2.09 bits per heavy atom. The van der Waals surface area contributed by atoms with Crippen LogP contribution >= 0.6 is 11.3 Å². The van der Waals surface area contributed by atoms with Gasteiger partial charge in [-0.3, -0.25) is 15.0 Å². The lowest BCUT2D eigenvalue weighted by molar-refractivity contribution is -0.386. The second-order valence-corrected chi connectivity index (χ2v) is 6.14. The van der Waals surface area contributed by atoms with Crippen LogP contribution in [0, 0.1) is 15.9 Å². The van der Waals surface area contributed by atoms with E-state index in [1.165, 1.54) is 6.07 Å². The van der Waals surface area contributed by atoms with E-state index in [-0.39, 0.29) is 11.7 Å². The van der Waals surface area contributed by atoms with Crippen LogP contribution in [0.1, 0.15) is 16.5 Å². The fourth-order valence-electron chi connectivity index (χ4n) is 2.82. The Morgan fingerprint density at radius 3 is 2.73 bits per heavy atom. The molecule has 116 valence electrons. The van der Waals surface area contributed by atoms with E-state index in [1.807, 2.05) is 17.5 Å². The Balaban J connectivity index is 2.08. The molecule has 2 aromatic rings. The Labute approximate surface area is 131 Å². The molecule has 3 rings (SSSR count). The lowest BCUT2D eigenvalue weighted by atomic mass is 10.0. The Morgan fingerprint density at radius 1 is 1.32 bits per heavy atom. The first-order valence-electron chi connectivity index (χ1n) is 7.09. The second-order valence-electron chi connectivity index (χ2n) is 5.16. The van der Waals surface area contributed by atoms with Crippen molar-refractivity contribution >= 4 is 17.0 Å².